The summed E-state index contributed by atoms with van der Waals surface area (Å²) in [6.07, 6.45) is 0. The summed E-state index contributed by atoms with van der Waals surface area (Å²) in [6.45, 7) is 1.98. The number of nitrogens with zero attached hydrogens (tertiary/aromatic N) is 1. The van der Waals surface area contributed by atoms with Gasteiger partial charge in [-0.05, 0) is 30.0 Å². The van der Waals surface area contributed by atoms with E-state index < -0.39 is 11.6 Å². The summed E-state index contributed by atoms with van der Waals surface area (Å²) in [5, 5.41) is 12.0. The highest BCUT2D eigenvalue weighted by Crippen LogP contribution is 2.30. The highest BCUT2D eigenvalue weighted by Gasteiger charge is 2.10. The predicted molar refractivity (Wildman–Crippen MR) is 77.2 cm³/mol. The van der Waals surface area contributed by atoms with Gasteiger partial charge in [-0.25, -0.2) is 8.78 Å². The number of hydrogen-bond donors (Lipinski definition) is 1. The number of nitrogens with one attached hydrogen (secondary N) is 1. The van der Waals surface area contributed by atoms with Crippen LogP contribution < -0.4 is 5.32 Å². The van der Waals surface area contributed by atoms with Gasteiger partial charge in [-0.15, -0.1) is 11.8 Å². The third-order valence-electron chi connectivity index (χ3n) is 2.64. The Morgan fingerprint density at radius 1 is 1.20 bits per heavy atom. The molecule has 0 aliphatic heterocycles. The van der Waals surface area contributed by atoms with Crippen LogP contribution in [0.25, 0.3) is 0 Å². The molecule has 0 aliphatic carbocycles. The lowest BCUT2D eigenvalue weighted by atomic mass is 10.2. The lowest BCUT2D eigenvalue weighted by Gasteiger charge is -2.11. The van der Waals surface area contributed by atoms with Crippen molar-refractivity contribution in [1.29, 1.82) is 5.26 Å². The van der Waals surface area contributed by atoms with E-state index in [0.29, 0.717) is 11.3 Å². The van der Waals surface area contributed by atoms with Gasteiger partial charge in [-0.2, -0.15) is 5.26 Å². The van der Waals surface area contributed by atoms with Crippen molar-refractivity contribution in [1.82, 2.24) is 0 Å². The minimum absolute atomic E-state index is 0.0140. The molecular weight excluding hydrogens is 278 g/mol. The Labute approximate surface area is 120 Å². The zero-order valence-corrected chi connectivity index (χ0v) is 11.6. The molecule has 0 aromatic heterocycles. The Bertz CT molecular complexity index is 665. The van der Waals surface area contributed by atoms with Gasteiger partial charge in [0.2, 0.25) is 0 Å². The van der Waals surface area contributed by atoms with E-state index in [1.54, 1.807) is 12.1 Å². The molecule has 2 rings (SSSR count). The summed E-state index contributed by atoms with van der Waals surface area (Å²) in [6, 6.07) is 10.5. The largest absolute Gasteiger partial charge is 0.352 e. The topological polar surface area (TPSA) is 35.8 Å². The fourth-order valence-corrected chi connectivity index (χ4v) is 2.55. The van der Waals surface area contributed by atoms with E-state index in [-0.39, 0.29) is 5.69 Å². The van der Waals surface area contributed by atoms with Crippen LogP contribution >= 0.6 is 11.8 Å². The van der Waals surface area contributed by atoms with Crippen molar-refractivity contribution in [2.24, 2.45) is 0 Å². The van der Waals surface area contributed by atoms with Crippen molar-refractivity contribution in [2.75, 3.05) is 11.1 Å². The Morgan fingerprint density at radius 2 is 2.00 bits per heavy atom. The molecule has 5 heteroatoms. The van der Waals surface area contributed by atoms with Gasteiger partial charge < -0.3 is 5.32 Å². The van der Waals surface area contributed by atoms with Gasteiger partial charge in [-0.3, -0.25) is 0 Å². The van der Waals surface area contributed by atoms with E-state index in [0.717, 1.165) is 28.8 Å². The van der Waals surface area contributed by atoms with Gasteiger partial charge in [0.05, 0.1) is 16.9 Å². The first-order chi connectivity index (χ1) is 9.65. The van der Waals surface area contributed by atoms with Crippen molar-refractivity contribution in [2.45, 2.75) is 11.8 Å². The molecule has 102 valence electrons. The van der Waals surface area contributed by atoms with Gasteiger partial charge in [0, 0.05) is 11.0 Å². The van der Waals surface area contributed by atoms with Crippen LogP contribution in [-0.4, -0.2) is 5.75 Å². The Hall–Kier alpha value is -2.06. The zero-order valence-electron chi connectivity index (χ0n) is 10.8. The SMILES string of the molecule is CCSc1cccc(Nc2cc(F)ccc2F)c1C#N. The maximum absolute atomic E-state index is 13.6. The molecule has 0 fully saturated rings. The molecule has 0 radical (unpaired) electrons. The van der Waals surface area contributed by atoms with Crippen LogP contribution in [0.1, 0.15) is 12.5 Å². The number of nitriles is 1. The summed E-state index contributed by atoms with van der Waals surface area (Å²) in [5.74, 6) is -0.276. The van der Waals surface area contributed by atoms with Gasteiger partial charge in [0.25, 0.3) is 0 Å². The highest BCUT2D eigenvalue weighted by atomic mass is 32.2. The molecule has 0 saturated carbocycles. The minimum atomic E-state index is -0.566. The first-order valence-corrected chi connectivity index (χ1v) is 7.02. The third kappa shape index (κ3) is 3.09. The summed E-state index contributed by atoms with van der Waals surface area (Å²) in [5.41, 5.74) is 0.915. The first-order valence-electron chi connectivity index (χ1n) is 6.03. The smallest absolute Gasteiger partial charge is 0.146 e. The van der Waals surface area contributed by atoms with Crippen LogP contribution in [0.15, 0.2) is 41.3 Å². The summed E-state index contributed by atoms with van der Waals surface area (Å²) < 4.78 is 26.8. The van der Waals surface area contributed by atoms with Crippen LogP contribution in [0.5, 0.6) is 0 Å². The average molecular weight is 290 g/mol. The normalized spacial score (nSPS) is 10.1. The number of thioether (sulfide) groups is 1. The van der Waals surface area contributed by atoms with Crippen LogP contribution in [0, 0.1) is 23.0 Å². The Morgan fingerprint density at radius 3 is 2.70 bits per heavy atom. The monoisotopic (exact) mass is 290 g/mol. The molecule has 2 nitrogen and oxygen atoms in total. The van der Waals surface area contributed by atoms with E-state index in [1.165, 1.54) is 11.8 Å². The molecule has 0 amide bonds. The van der Waals surface area contributed by atoms with Gasteiger partial charge >= 0.3 is 0 Å². The zero-order chi connectivity index (χ0) is 14.5. The van der Waals surface area contributed by atoms with Crippen molar-refractivity contribution in [3.05, 3.63) is 53.6 Å². The summed E-state index contributed by atoms with van der Waals surface area (Å²) >= 11 is 1.53. The number of benzene rings is 2. The number of halogens is 2. The van der Waals surface area contributed by atoms with E-state index in [9.17, 15) is 14.0 Å². The Balaban J connectivity index is 2.41. The van der Waals surface area contributed by atoms with Crippen LogP contribution in [0.3, 0.4) is 0 Å². The quantitative estimate of drug-likeness (QED) is 0.830. The second-order valence-electron chi connectivity index (χ2n) is 3.97. The van der Waals surface area contributed by atoms with Gasteiger partial charge in [0.1, 0.15) is 17.7 Å². The fraction of sp³-hybridized carbons (Fsp3) is 0.133. The Kier molecular flexibility index (Phi) is 4.59. The molecule has 0 aliphatic rings. The predicted octanol–water partition coefficient (Wildman–Crippen LogP) is 4.69. The molecule has 0 spiro atoms. The highest BCUT2D eigenvalue weighted by molar-refractivity contribution is 7.99. The van der Waals surface area contributed by atoms with Crippen molar-refractivity contribution < 1.29 is 8.78 Å². The second kappa shape index (κ2) is 6.40. The number of rotatable bonds is 4. The van der Waals surface area contributed by atoms with Crippen molar-refractivity contribution in [3.63, 3.8) is 0 Å². The fourth-order valence-electron chi connectivity index (χ4n) is 1.76. The molecule has 0 unspecified atom stereocenters. The van der Waals surface area contributed by atoms with E-state index in [1.807, 2.05) is 13.0 Å². The summed E-state index contributed by atoms with van der Waals surface area (Å²) in [7, 11) is 0. The van der Waals surface area contributed by atoms with Crippen LogP contribution in [-0.2, 0) is 0 Å². The van der Waals surface area contributed by atoms with Crippen LogP contribution in [0.2, 0.25) is 0 Å². The second-order valence-corrected chi connectivity index (χ2v) is 5.28. The molecule has 2 aromatic carbocycles. The number of anilines is 2. The summed E-state index contributed by atoms with van der Waals surface area (Å²) in [4.78, 5) is 0.816. The average Bonchev–Trinajstić information content (AvgIpc) is 2.43. The lowest BCUT2D eigenvalue weighted by molar-refractivity contribution is 0.603. The first kappa shape index (κ1) is 14.4. The van der Waals surface area contributed by atoms with E-state index in [4.69, 9.17) is 0 Å². The molecular formula is C15H12F2N2S. The molecule has 0 atom stereocenters. The molecule has 0 heterocycles. The third-order valence-corrected chi connectivity index (χ3v) is 3.58. The molecule has 1 N–H and O–H groups in total. The van der Waals surface area contributed by atoms with Gasteiger partial charge in [0.15, 0.2) is 0 Å². The molecule has 0 bridgehead atoms. The van der Waals surface area contributed by atoms with Gasteiger partial charge in [-0.1, -0.05) is 13.0 Å². The van der Waals surface area contributed by atoms with Crippen molar-refractivity contribution in [3.8, 4) is 6.07 Å². The standard InChI is InChI=1S/C15H12F2N2S/c1-2-20-15-5-3-4-13(11(15)9-18)19-14-8-10(16)6-7-12(14)17/h3-8,19H,2H2,1H3. The van der Waals surface area contributed by atoms with E-state index >= 15 is 0 Å². The molecule has 2 aromatic rings. The maximum Gasteiger partial charge on any atom is 0.146 e. The van der Waals surface area contributed by atoms with Crippen LogP contribution in [0.4, 0.5) is 20.2 Å². The lowest BCUT2D eigenvalue weighted by Crippen LogP contribution is -1.98. The molecule has 20 heavy (non-hydrogen) atoms. The van der Waals surface area contributed by atoms with Crippen molar-refractivity contribution >= 4 is 23.1 Å². The molecule has 0 saturated heterocycles. The minimum Gasteiger partial charge on any atom is -0.352 e. The van der Waals surface area contributed by atoms with E-state index in [2.05, 4.69) is 11.4 Å². The number of hydrogen-bond acceptors (Lipinski definition) is 3. The maximum atomic E-state index is 13.6.